The molecule has 1 heterocycles. The van der Waals surface area contributed by atoms with E-state index in [2.05, 4.69) is 15.3 Å². The molecule has 1 amide bonds. The van der Waals surface area contributed by atoms with Gasteiger partial charge in [-0.2, -0.15) is 0 Å². The Morgan fingerprint density at radius 2 is 2.05 bits per heavy atom. The molecule has 0 aliphatic rings. The molecule has 8 nitrogen and oxygen atoms in total. The van der Waals surface area contributed by atoms with Gasteiger partial charge in [-0.1, -0.05) is 13.8 Å². The first-order valence-corrected chi connectivity index (χ1v) is 8.07. The largest absolute Gasteiger partial charge is 0.396 e. The van der Waals surface area contributed by atoms with Crippen LogP contribution in [-0.2, 0) is 10.0 Å². The van der Waals surface area contributed by atoms with Crippen molar-refractivity contribution in [1.82, 2.24) is 19.6 Å². The zero-order valence-corrected chi connectivity index (χ0v) is 13.4. The van der Waals surface area contributed by atoms with Crippen LogP contribution in [0.2, 0.25) is 0 Å². The Morgan fingerprint density at radius 3 is 2.57 bits per heavy atom. The topological polar surface area (TPSA) is 118 Å². The Balaban J connectivity index is 2.75. The van der Waals surface area contributed by atoms with Gasteiger partial charge in [0, 0.05) is 26.6 Å². The SMILES string of the molecule is CC(C)c1ncc(N)c(C(=O)NCCS(=O)(=O)N(C)C)n1. The first kappa shape index (κ1) is 17.3. The van der Waals surface area contributed by atoms with Gasteiger partial charge in [-0.3, -0.25) is 4.79 Å². The molecule has 1 aromatic rings. The molecule has 0 saturated carbocycles. The van der Waals surface area contributed by atoms with Gasteiger partial charge in [-0.25, -0.2) is 22.7 Å². The van der Waals surface area contributed by atoms with Crippen LogP contribution in [0.25, 0.3) is 0 Å². The van der Waals surface area contributed by atoms with Crippen LogP contribution in [0.4, 0.5) is 5.69 Å². The molecule has 0 saturated heterocycles. The Labute approximate surface area is 124 Å². The number of rotatable bonds is 6. The molecule has 9 heteroatoms. The fourth-order valence-corrected chi connectivity index (χ4v) is 2.15. The summed E-state index contributed by atoms with van der Waals surface area (Å²) in [5.74, 6) is -0.124. The lowest BCUT2D eigenvalue weighted by Crippen LogP contribution is -2.34. The average Bonchev–Trinajstić information content (AvgIpc) is 2.38. The third-order valence-corrected chi connectivity index (χ3v) is 4.60. The number of nitrogens with one attached hydrogen (secondary N) is 1. The molecule has 0 aliphatic heterocycles. The molecule has 1 aromatic heterocycles. The predicted molar refractivity (Wildman–Crippen MR) is 80.3 cm³/mol. The summed E-state index contributed by atoms with van der Waals surface area (Å²) < 4.78 is 24.3. The summed E-state index contributed by atoms with van der Waals surface area (Å²) in [5.41, 5.74) is 5.91. The molecule has 21 heavy (non-hydrogen) atoms. The number of nitrogens with zero attached hydrogens (tertiary/aromatic N) is 3. The fourth-order valence-electron chi connectivity index (χ4n) is 1.42. The Kier molecular flexibility index (Phi) is 5.62. The van der Waals surface area contributed by atoms with Crippen LogP contribution in [-0.4, -0.2) is 55.0 Å². The third-order valence-electron chi connectivity index (χ3n) is 2.77. The van der Waals surface area contributed by atoms with Gasteiger partial charge in [0.2, 0.25) is 10.0 Å². The second kappa shape index (κ2) is 6.81. The van der Waals surface area contributed by atoms with Crippen LogP contribution in [0.3, 0.4) is 0 Å². The van der Waals surface area contributed by atoms with E-state index in [1.807, 2.05) is 13.8 Å². The van der Waals surface area contributed by atoms with Crippen LogP contribution in [0.1, 0.15) is 36.1 Å². The van der Waals surface area contributed by atoms with Crippen molar-refractivity contribution >= 4 is 21.6 Å². The molecule has 0 aliphatic carbocycles. The smallest absolute Gasteiger partial charge is 0.272 e. The van der Waals surface area contributed by atoms with Crippen molar-refractivity contribution in [2.45, 2.75) is 19.8 Å². The predicted octanol–water partition coefficient (Wildman–Crippen LogP) is -0.197. The highest BCUT2D eigenvalue weighted by Crippen LogP contribution is 2.13. The lowest BCUT2D eigenvalue weighted by molar-refractivity contribution is 0.0951. The van der Waals surface area contributed by atoms with Crippen LogP contribution >= 0.6 is 0 Å². The Hall–Kier alpha value is -1.74. The summed E-state index contributed by atoms with van der Waals surface area (Å²) in [4.78, 5) is 20.2. The summed E-state index contributed by atoms with van der Waals surface area (Å²) in [7, 11) is -0.475. The third kappa shape index (κ3) is 4.64. The second-order valence-electron chi connectivity index (χ2n) is 5.04. The summed E-state index contributed by atoms with van der Waals surface area (Å²) in [6.07, 6.45) is 1.38. The maximum Gasteiger partial charge on any atom is 0.272 e. The summed E-state index contributed by atoms with van der Waals surface area (Å²) in [6.45, 7) is 3.79. The van der Waals surface area contributed by atoms with E-state index in [9.17, 15) is 13.2 Å². The van der Waals surface area contributed by atoms with Gasteiger partial charge in [0.05, 0.1) is 17.6 Å². The van der Waals surface area contributed by atoms with Crippen LogP contribution in [0.5, 0.6) is 0 Å². The Bertz CT molecular complexity index is 613. The monoisotopic (exact) mass is 315 g/mol. The zero-order valence-electron chi connectivity index (χ0n) is 12.6. The first-order valence-electron chi connectivity index (χ1n) is 6.46. The molecule has 0 aromatic carbocycles. The minimum absolute atomic E-state index is 0.0141. The van der Waals surface area contributed by atoms with E-state index in [4.69, 9.17) is 5.73 Å². The lowest BCUT2D eigenvalue weighted by Gasteiger charge is -2.12. The van der Waals surface area contributed by atoms with Gasteiger partial charge in [-0.05, 0) is 0 Å². The summed E-state index contributed by atoms with van der Waals surface area (Å²) >= 11 is 0. The maximum absolute atomic E-state index is 12.0. The van der Waals surface area contributed by atoms with Crippen LogP contribution < -0.4 is 11.1 Å². The maximum atomic E-state index is 12.0. The first-order chi connectivity index (χ1) is 9.65. The van der Waals surface area contributed by atoms with E-state index in [0.717, 1.165) is 4.31 Å². The minimum Gasteiger partial charge on any atom is -0.396 e. The molecule has 118 valence electrons. The molecular weight excluding hydrogens is 294 g/mol. The number of hydrogen-bond acceptors (Lipinski definition) is 6. The molecule has 0 spiro atoms. The quantitative estimate of drug-likeness (QED) is 0.750. The fraction of sp³-hybridized carbons (Fsp3) is 0.583. The molecule has 0 fully saturated rings. The molecule has 0 atom stereocenters. The highest BCUT2D eigenvalue weighted by Gasteiger charge is 2.17. The van der Waals surface area contributed by atoms with Crippen LogP contribution in [0.15, 0.2) is 6.20 Å². The zero-order chi connectivity index (χ0) is 16.2. The van der Waals surface area contributed by atoms with Gasteiger partial charge in [0.25, 0.3) is 5.91 Å². The number of carbonyl (C=O) groups excluding carboxylic acids is 1. The van der Waals surface area contributed by atoms with Crippen molar-refractivity contribution in [2.24, 2.45) is 0 Å². The standard InChI is InChI=1S/C12H21N5O3S/c1-8(2)11-15-7-9(13)10(16-11)12(18)14-5-6-21(19,20)17(3)4/h7-8H,5-6,13H2,1-4H3,(H,14,18). The van der Waals surface area contributed by atoms with E-state index in [1.54, 1.807) is 0 Å². The van der Waals surface area contributed by atoms with E-state index in [0.29, 0.717) is 5.82 Å². The summed E-state index contributed by atoms with van der Waals surface area (Å²) in [5, 5.41) is 2.50. The number of hydrogen-bond donors (Lipinski definition) is 2. The van der Waals surface area contributed by atoms with Gasteiger partial charge >= 0.3 is 0 Å². The number of anilines is 1. The van der Waals surface area contributed by atoms with Crippen molar-refractivity contribution in [3.8, 4) is 0 Å². The lowest BCUT2D eigenvalue weighted by atomic mass is 10.2. The molecule has 0 radical (unpaired) electrons. The molecule has 3 N–H and O–H groups in total. The van der Waals surface area contributed by atoms with Crippen molar-refractivity contribution < 1.29 is 13.2 Å². The Morgan fingerprint density at radius 1 is 1.43 bits per heavy atom. The number of nitrogens with two attached hydrogens (primary N) is 1. The van der Waals surface area contributed by atoms with Crippen molar-refractivity contribution in [1.29, 1.82) is 0 Å². The number of carbonyl (C=O) groups is 1. The molecular formula is C12H21N5O3S. The average molecular weight is 315 g/mol. The number of amides is 1. The normalized spacial score (nSPS) is 11.9. The van der Waals surface area contributed by atoms with E-state index in [-0.39, 0.29) is 29.6 Å². The number of aromatic nitrogens is 2. The molecule has 0 unspecified atom stereocenters. The van der Waals surface area contributed by atoms with Gasteiger partial charge in [0.15, 0.2) is 5.69 Å². The molecule has 0 bridgehead atoms. The van der Waals surface area contributed by atoms with E-state index >= 15 is 0 Å². The highest BCUT2D eigenvalue weighted by molar-refractivity contribution is 7.89. The minimum atomic E-state index is -3.35. The second-order valence-corrected chi connectivity index (χ2v) is 7.34. The molecule has 1 rings (SSSR count). The van der Waals surface area contributed by atoms with Crippen molar-refractivity contribution in [3.05, 3.63) is 17.7 Å². The number of nitrogen functional groups attached to an aromatic ring is 1. The van der Waals surface area contributed by atoms with E-state index < -0.39 is 15.9 Å². The number of sulfonamides is 1. The van der Waals surface area contributed by atoms with Gasteiger partial charge in [-0.15, -0.1) is 0 Å². The van der Waals surface area contributed by atoms with E-state index in [1.165, 1.54) is 20.3 Å². The highest BCUT2D eigenvalue weighted by atomic mass is 32.2. The summed E-state index contributed by atoms with van der Waals surface area (Å²) in [6, 6.07) is 0. The van der Waals surface area contributed by atoms with Crippen molar-refractivity contribution in [2.75, 3.05) is 32.1 Å². The van der Waals surface area contributed by atoms with Gasteiger partial charge < -0.3 is 11.1 Å². The van der Waals surface area contributed by atoms with Crippen LogP contribution in [0, 0.1) is 0 Å². The van der Waals surface area contributed by atoms with Gasteiger partial charge in [0.1, 0.15) is 5.82 Å². The van der Waals surface area contributed by atoms with Crippen molar-refractivity contribution in [3.63, 3.8) is 0 Å².